The van der Waals surface area contributed by atoms with E-state index in [9.17, 15) is 9.59 Å². The van der Waals surface area contributed by atoms with Crippen molar-refractivity contribution in [2.24, 2.45) is 0 Å². The summed E-state index contributed by atoms with van der Waals surface area (Å²) in [5.41, 5.74) is 2.71. The number of piperidine rings is 1. The molecule has 2 heterocycles. The number of hydrogen-bond acceptors (Lipinski definition) is 5. The van der Waals surface area contributed by atoms with Crippen LogP contribution in [0.3, 0.4) is 0 Å². The van der Waals surface area contributed by atoms with Gasteiger partial charge in [-0.05, 0) is 81.1 Å². The van der Waals surface area contributed by atoms with Gasteiger partial charge in [0, 0.05) is 63.6 Å². The second-order valence-electron chi connectivity index (χ2n) is 11.9. The van der Waals surface area contributed by atoms with Gasteiger partial charge in [-0.25, -0.2) is 4.79 Å². The zero-order chi connectivity index (χ0) is 30.1. The van der Waals surface area contributed by atoms with E-state index in [0.717, 1.165) is 39.7 Å². The molecule has 1 atom stereocenters. The van der Waals surface area contributed by atoms with Crippen LogP contribution in [0.5, 0.6) is 0 Å². The predicted molar refractivity (Wildman–Crippen MR) is 172 cm³/mol. The van der Waals surface area contributed by atoms with Crippen LogP contribution in [0.2, 0.25) is 10.0 Å². The third-order valence-electron chi connectivity index (χ3n) is 7.58. The molecule has 2 aliphatic heterocycles. The normalized spacial score (nSPS) is 18.9. The van der Waals surface area contributed by atoms with Gasteiger partial charge in [-0.1, -0.05) is 63.4 Å². The third-order valence-corrected chi connectivity index (χ3v) is 8.55. The van der Waals surface area contributed by atoms with Crippen LogP contribution in [-0.2, 0) is 28.0 Å². The summed E-state index contributed by atoms with van der Waals surface area (Å²) in [6.45, 7) is 7.51. The van der Waals surface area contributed by atoms with Crippen LogP contribution in [0, 0.1) is 0 Å². The van der Waals surface area contributed by atoms with Gasteiger partial charge in [-0.2, -0.15) is 0 Å². The third kappa shape index (κ3) is 7.05. The minimum atomic E-state index is -1.08. The van der Waals surface area contributed by atoms with Crippen LogP contribution < -0.4 is 16.0 Å². The van der Waals surface area contributed by atoms with E-state index in [1.165, 1.54) is 0 Å². The molecule has 10 heteroatoms. The molecule has 0 spiro atoms. The summed E-state index contributed by atoms with van der Waals surface area (Å²) in [6.07, 6.45) is 1.78. The van der Waals surface area contributed by atoms with Gasteiger partial charge in [0.2, 0.25) is 0 Å². The van der Waals surface area contributed by atoms with Gasteiger partial charge < -0.3 is 25.6 Å². The highest BCUT2D eigenvalue weighted by atomic mass is 79.9. The molecule has 3 aromatic carbocycles. The maximum absolute atomic E-state index is 13.8. The van der Waals surface area contributed by atoms with Crippen LogP contribution in [-0.4, -0.2) is 41.6 Å². The molecule has 0 bridgehead atoms. The zero-order valence-electron chi connectivity index (χ0n) is 23.9. The van der Waals surface area contributed by atoms with Crippen LogP contribution in [0.25, 0.3) is 0 Å². The Kier molecular flexibility index (Phi) is 9.09. The van der Waals surface area contributed by atoms with Crippen LogP contribution in [0.1, 0.15) is 50.3 Å². The highest BCUT2D eigenvalue weighted by Crippen LogP contribution is 2.43. The Morgan fingerprint density at radius 2 is 1.81 bits per heavy atom. The van der Waals surface area contributed by atoms with Crippen molar-refractivity contribution in [3.8, 4) is 0 Å². The molecule has 0 saturated carbocycles. The SMILES string of the molecule is CC(C)(C)OC(=O)N1CCC(NCc2ccc(Br)cc2NC2(Cc3cccc(Cl)c3)C(=O)Nc3cc(Cl)ccc32)CC1. The van der Waals surface area contributed by atoms with Crippen LogP contribution in [0.15, 0.2) is 65.1 Å². The lowest BCUT2D eigenvalue weighted by molar-refractivity contribution is -0.119. The van der Waals surface area contributed by atoms with Crippen molar-refractivity contribution in [1.82, 2.24) is 10.2 Å². The van der Waals surface area contributed by atoms with Crippen molar-refractivity contribution in [1.29, 1.82) is 0 Å². The van der Waals surface area contributed by atoms with Crippen molar-refractivity contribution in [3.63, 3.8) is 0 Å². The van der Waals surface area contributed by atoms with Crippen molar-refractivity contribution in [3.05, 3.63) is 91.9 Å². The van der Waals surface area contributed by atoms with Crippen molar-refractivity contribution >= 4 is 62.5 Å². The number of carbonyl (C=O) groups is 2. The number of fused-ring (bicyclic) bond motifs is 1. The van der Waals surface area contributed by atoms with E-state index in [1.54, 1.807) is 11.0 Å². The highest BCUT2D eigenvalue weighted by molar-refractivity contribution is 9.10. The average Bonchev–Trinajstić information content (AvgIpc) is 3.17. The Bertz CT molecular complexity index is 1490. The summed E-state index contributed by atoms with van der Waals surface area (Å²) >= 11 is 16.2. The highest BCUT2D eigenvalue weighted by Gasteiger charge is 2.47. The molecule has 2 aliphatic rings. The van der Waals surface area contributed by atoms with E-state index in [1.807, 2.05) is 69.3 Å². The Labute approximate surface area is 265 Å². The summed E-state index contributed by atoms with van der Waals surface area (Å²) in [7, 11) is 0. The number of halogens is 3. The van der Waals surface area contributed by atoms with E-state index >= 15 is 0 Å². The summed E-state index contributed by atoms with van der Waals surface area (Å²) in [6, 6.07) is 19.4. The molecule has 7 nitrogen and oxygen atoms in total. The first-order valence-corrected chi connectivity index (χ1v) is 15.6. The first-order chi connectivity index (χ1) is 19.9. The topological polar surface area (TPSA) is 82.7 Å². The Morgan fingerprint density at radius 3 is 2.52 bits per heavy atom. The number of rotatable bonds is 7. The van der Waals surface area contributed by atoms with E-state index in [0.29, 0.717) is 41.8 Å². The lowest BCUT2D eigenvalue weighted by Crippen LogP contribution is -2.46. The van der Waals surface area contributed by atoms with Crippen molar-refractivity contribution in [2.45, 2.75) is 63.8 Å². The zero-order valence-corrected chi connectivity index (χ0v) is 27.0. The molecule has 0 aliphatic carbocycles. The minimum absolute atomic E-state index is 0.159. The molecule has 1 saturated heterocycles. The van der Waals surface area contributed by atoms with E-state index in [4.69, 9.17) is 27.9 Å². The molecule has 0 aromatic heterocycles. The van der Waals surface area contributed by atoms with E-state index in [-0.39, 0.29) is 18.0 Å². The van der Waals surface area contributed by atoms with Gasteiger partial charge in [0.15, 0.2) is 0 Å². The molecule has 0 radical (unpaired) electrons. The number of amides is 2. The fourth-order valence-electron chi connectivity index (χ4n) is 5.54. The van der Waals surface area contributed by atoms with Gasteiger partial charge in [-0.15, -0.1) is 0 Å². The number of carbonyl (C=O) groups excluding carboxylic acids is 2. The lowest BCUT2D eigenvalue weighted by Gasteiger charge is -2.34. The minimum Gasteiger partial charge on any atom is -0.444 e. The molecule has 42 heavy (non-hydrogen) atoms. The van der Waals surface area contributed by atoms with Crippen LogP contribution >= 0.6 is 39.1 Å². The molecule has 222 valence electrons. The first kappa shape index (κ1) is 30.7. The molecular weight excluding hydrogens is 639 g/mol. The molecule has 3 N–H and O–H groups in total. The molecule has 1 fully saturated rings. The van der Waals surface area contributed by atoms with Gasteiger partial charge >= 0.3 is 6.09 Å². The quantitative estimate of drug-likeness (QED) is 0.239. The summed E-state index contributed by atoms with van der Waals surface area (Å²) in [4.78, 5) is 28.1. The lowest BCUT2D eigenvalue weighted by atomic mass is 9.84. The van der Waals surface area contributed by atoms with Crippen LogP contribution in [0.4, 0.5) is 16.2 Å². The van der Waals surface area contributed by atoms with E-state index < -0.39 is 11.1 Å². The fraction of sp³-hybridized carbons (Fsp3) is 0.375. The monoisotopic (exact) mass is 672 g/mol. The summed E-state index contributed by atoms with van der Waals surface area (Å²) in [5, 5.41) is 11.5. The number of hydrogen-bond donors (Lipinski definition) is 3. The second kappa shape index (κ2) is 12.4. The van der Waals surface area contributed by atoms with Gasteiger partial charge in [0.1, 0.15) is 11.1 Å². The Hall–Kier alpha value is -2.78. The molecule has 2 amide bonds. The van der Waals surface area contributed by atoms with Gasteiger partial charge in [0.25, 0.3) is 5.91 Å². The maximum atomic E-state index is 13.8. The number of ether oxygens (including phenoxy) is 1. The molecular formula is C32H35BrCl2N4O3. The molecule has 1 unspecified atom stereocenters. The number of nitrogens with one attached hydrogen (secondary N) is 3. The Morgan fingerprint density at radius 1 is 1.07 bits per heavy atom. The number of benzene rings is 3. The summed E-state index contributed by atoms with van der Waals surface area (Å²) in [5.74, 6) is -0.159. The van der Waals surface area contributed by atoms with E-state index in [2.05, 4.69) is 37.9 Å². The average molecular weight is 674 g/mol. The largest absolute Gasteiger partial charge is 0.444 e. The predicted octanol–water partition coefficient (Wildman–Crippen LogP) is 7.75. The van der Waals surface area contributed by atoms with Gasteiger partial charge in [-0.3, -0.25) is 4.79 Å². The molecule has 5 rings (SSSR count). The smallest absolute Gasteiger partial charge is 0.410 e. The van der Waals surface area contributed by atoms with Crippen molar-refractivity contribution < 1.29 is 14.3 Å². The second-order valence-corrected chi connectivity index (χ2v) is 13.7. The molecule has 3 aromatic rings. The number of anilines is 2. The summed E-state index contributed by atoms with van der Waals surface area (Å²) < 4.78 is 6.43. The number of likely N-dealkylation sites (tertiary alicyclic amines) is 1. The Balaban J connectivity index is 1.36. The maximum Gasteiger partial charge on any atom is 0.410 e. The van der Waals surface area contributed by atoms with Gasteiger partial charge in [0.05, 0.1) is 0 Å². The first-order valence-electron chi connectivity index (χ1n) is 14.1. The number of nitrogens with zero attached hydrogens (tertiary/aromatic N) is 1. The standard InChI is InChI=1S/C32H35BrCl2N4O3/c1-31(2,3)42-30(41)39-13-11-25(12-14-39)36-19-21-7-8-22(33)16-27(21)38-32(18-20-5-4-6-23(34)15-20)26-10-9-24(35)17-28(26)37-29(32)40/h4-10,15-17,25,36,38H,11-14,18-19H2,1-3H3,(H,37,40). The van der Waals surface area contributed by atoms with Crippen molar-refractivity contribution in [2.75, 3.05) is 23.7 Å². The fourth-order valence-corrected chi connectivity index (χ4v) is 6.28.